The van der Waals surface area contributed by atoms with E-state index < -0.39 is 0 Å². The molecule has 2 aromatic heterocycles. The summed E-state index contributed by atoms with van der Waals surface area (Å²) in [4.78, 5) is 31.7. The van der Waals surface area contributed by atoms with Gasteiger partial charge in [0.25, 0.3) is 5.56 Å². The summed E-state index contributed by atoms with van der Waals surface area (Å²) in [7, 11) is 0. The summed E-state index contributed by atoms with van der Waals surface area (Å²) < 4.78 is 1.85. The summed E-state index contributed by atoms with van der Waals surface area (Å²) in [5.74, 6) is -0.00952. The monoisotopic (exact) mass is 370 g/mol. The van der Waals surface area contributed by atoms with Crippen LogP contribution in [0.4, 0.5) is 0 Å². The first-order valence-electron chi connectivity index (χ1n) is 9.20. The Morgan fingerprint density at radius 3 is 2.86 bits per heavy atom. The van der Waals surface area contributed by atoms with E-state index in [1.165, 1.54) is 0 Å². The van der Waals surface area contributed by atoms with Gasteiger partial charge >= 0.3 is 0 Å². The van der Waals surface area contributed by atoms with Crippen molar-refractivity contribution in [2.45, 2.75) is 19.4 Å². The quantitative estimate of drug-likeness (QED) is 0.510. The van der Waals surface area contributed by atoms with E-state index in [0.29, 0.717) is 25.0 Å². The SMILES string of the molecule is O=C(Cc1ccccc1)NCc1cccc2c1Cc1c-2[nH]c(=O)c2nccn12. The molecule has 28 heavy (non-hydrogen) atoms. The topological polar surface area (TPSA) is 79.3 Å². The second-order valence-corrected chi connectivity index (χ2v) is 6.96. The fourth-order valence-electron chi connectivity index (χ4n) is 3.90. The summed E-state index contributed by atoms with van der Waals surface area (Å²) in [6, 6.07) is 15.7. The molecule has 2 N–H and O–H groups in total. The minimum Gasteiger partial charge on any atom is -0.352 e. The number of aromatic amines is 1. The third-order valence-corrected chi connectivity index (χ3v) is 5.23. The standard InChI is InChI=1S/C22H18N4O2/c27-19(11-14-5-2-1-3-6-14)24-13-15-7-4-8-16-17(15)12-18-20(16)25-22(28)21-23-9-10-26(18)21/h1-10H,11-13H2,(H,24,27)(H,25,28). The van der Waals surface area contributed by atoms with Crippen molar-refractivity contribution in [1.82, 2.24) is 19.7 Å². The van der Waals surface area contributed by atoms with Crippen molar-refractivity contribution in [3.63, 3.8) is 0 Å². The van der Waals surface area contributed by atoms with Gasteiger partial charge in [0, 0.05) is 30.9 Å². The number of fused-ring (bicyclic) bond motifs is 5. The number of hydrogen-bond donors (Lipinski definition) is 2. The average Bonchev–Trinajstić information content (AvgIpc) is 3.33. The van der Waals surface area contributed by atoms with Crippen LogP contribution in [-0.2, 0) is 24.2 Å². The van der Waals surface area contributed by atoms with Crippen LogP contribution in [0.1, 0.15) is 22.4 Å². The summed E-state index contributed by atoms with van der Waals surface area (Å²) >= 11 is 0. The van der Waals surface area contributed by atoms with E-state index in [-0.39, 0.29) is 11.5 Å². The van der Waals surface area contributed by atoms with E-state index in [0.717, 1.165) is 33.6 Å². The maximum absolute atomic E-state index is 12.3. The number of aromatic nitrogens is 3. The molecule has 2 aromatic carbocycles. The molecule has 0 fully saturated rings. The van der Waals surface area contributed by atoms with Gasteiger partial charge in [-0.1, -0.05) is 48.5 Å². The molecule has 6 heteroatoms. The maximum atomic E-state index is 12.3. The number of nitrogens with one attached hydrogen (secondary N) is 2. The van der Waals surface area contributed by atoms with Crippen LogP contribution in [0.25, 0.3) is 16.9 Å². The minimum absolute atomic E-state index is 0.00952. The van der Waals surface area contributed by atoms with E-state index in [1.54, 1.807) is 6.20 Å². The number of rotatable bonds is 4. The number of nitrogens with zero attached hydrogens (tertiary/aromatic N) is 2. The van der Waals surface area contributed by atoms with Crippen molar-refractivity contribution in [2.24, 2.45) is 0 Å². The highest BCUT2D eigenvalue weighted by Crippen LogP contribution is 2.36. The fourth-order valence-corrected chi connectivity index (χ4v) is 3.90. The molecule has 0 atom stereocenters. The number of H-pyrrole nitrogens is 1. The normalized spacial score (nSPS) is 12.0. The maximum Gasteiger partial charge on any atom is 0.292 e. The lowest BCUT2D eigenvalue weighted by Gasteiger charge is -2.10. The Hall–Kier alpha value is -3.67. The van der Waals surface area contributed by atoms with Gasteiger partial charge in [-0.05, 0) is 16.7 Å². The van der Waals surface area contributed by atoms with Gasteiger partial charge in [0.2, 0.25) is 11.6 Å². The first-order chi connectivity index (χ1) is 13.7. The lowest BCUT2D eigenvalue weighted by molar-refractivity contribution is -0.120. The van der Waals surface area contributed by atoms with Crippen LogP contribution in [0.2, 0.25) is 0 Å². The van der Waals surface area contributed by atoms with E-state index in [1.807, 2.05) is 59.1 Å². The van der Waals surface area contributed by atoms with E-state index in [9.17, 15) is 9.59 Å². The second kappa shape index (κ2) is 6.49. The highest BCUT2D eigenvalue weighted by molar-refractivity contribution is 5.79. The van der Waals surface area contributed by atoms with E-state index >= 15 is 0 Å². The third kappa shape index (κ3) is 2.70. The Morgan fingerprint density at radius 1 is 1.14 bits per heavy atom. The molecule has 6 nitrogen and oxygen atoms in total. The molecular weight excluding hydrogens is 352 g/mol. The Morgan fingerprint density at radius 2 is 2.00 bits per heavy atom. The van der Waals surface area contributed by atoms with Crippen molar-refractivity contribution >= 4 is 11.6 Å². The van der Waals surface area contributed by atoms with Gasteiger partial charge in [-0.3, -0.25) is 14.0 Å². The third-order valence-electron chi connectivity index (χ3n) is 5.23. The number of imidazole rings is 1. The van der Waals surface area contributed by atoms with Crippen LogP contribution in [0.5, 0.6) is 0 Å². The van der Waals surface area contributed by atoms with Crippen LogP contribution in [0.15, 0.2) is 65.7 Å². The van der Waals surface area contributed by atoms with E-state index in [2.05, 4.69) is 15.3 Å². The van der Waals surface area contributed by atoms with E-state index in [4.69, 9.17) is 0 Å². The van der Waals surface area contributed by atoms with Crippen LogP contribution in [0.3, 0.4) is 0 Å². The first-order valence-corrected chi connectivity index (χ1v) is 9.20. The number of hydrogen-bond acceptors (Lipinski definition) is 3. The van der Waals surface area contributed by atoms with Crippen molar-refractivity contribution in [1.29, 1.82) is 0 Å². The highest BCUT2D eigenvalue weighted by atomic mass is 16.1. The molecule has 0 saturated carbocycles. The average molecular weight is 370 g/mol. The summed E-state index contributed by atoms with van der Waals surface area (Å²) in [5.41, 5.74) is 6.26. The van der Waals surface area contributed by atoms with Gasteiger partial charge in [0.15, 0.2) is 0 Å². The Bertz CT molecular complexity index is 1250. The molecule has 0 unspecified atom stereocenters. The molecule has 0 aliphatic heterocycles. The van der Waals surface area contributed by atoms with Gasteiger partial charge in [-0.2, -0.15) is 0 Å². The zero-order valence-corrected chi connectivity index (χ0v) is 15.1. The van der Waals surface area contributed by atoms with Crippen molar-refractivity contribution < 1.29 is 4.79 Å². The molecule has 0 radical (unpaired) electrons. The van der Waals surface area contributed by atoms with Gasteiger partial charge in [0.1, 0.15) is 0 Å². The van der Waals surface area contributed by atoms with Gasteiger partial charge in [-0.15, -0.1) is 0 Å². The molecule has 0 saturated heterocycles. The molecule has 0 spiro atoms. The minimum atomic E-state index is -0.196. The number of carbonyl (C=O) groups excluding carboxylic acids is 1. The summed E-state index contributed by atoms with van der Waals surface area (Å²) in [6.07, 6.45) is 4.51. The molecule has 5 rings (SSSR count). The predicted molar refractivity (Wildman–Crippen MR) is 106 cm³/mol. The van der Waals surface area contributed by atoms with Crippen LogP contribution < -0.4 is 10.9 Å². The fraction of sp³-hybridized carbons (Fsp3) is 0.136. The van der Waals surface area contributed by atoms with Crippen molar-refractivity contribution in [3.05, 3.63) is 93.7 Å². The number of carbonyl (C=O) groups is 1. The smallest absolute Gasteiger partial charge is 0.292 e. The zero-order valence-electron chi connectivity index (χ0n) is 15.1. The second-order valence-electron chi connectivity index (χ2n) is 6.96. The Kier molecular flexibility index (Phi) is 3.83. The number of benzene rings is 2. The van der Waals surface area contributed by atoms with Crippen molar-refractivity contribution in [3.8, 4) is 11.3 Å². The lowest BCUT2D eigenvalue weighted by Crippen LogP contribution is -2.25. The first kappa shape index (κ1) is 16.5. The van der Waals surface area contributed by atoms with Gasteiger partial charge in [-0.25, -0.2) is 4.98 Å². The molecule has 138 valence electrons. The lowest BCUT2D eigenvalue weighted by atomic mass is 10.0. The van der Waals surface area contributed by atoms with Crippen molar-refractivity contribution in [2.75, 3.05) is 0 Å². The Labute approximate surface area is 160 Å². The molecular formula is C22H18N4O2. The van der Waals surface area contributed by atoms with Crippen LogP contribution >= 0.6 is 0 Å². The predicted octanol–water partition coefficient (Wildman–Crippen LogP) is 2.45. The number of amides is 1. The zero-order chi connectivity index (χ0) is 19.1. The molecule has 4 aromatic rings. The molecule has 0 bridgehead atoms. The Balaban J connectivity index is 1.41. The van der Waals surface area contributed by atoms with Crippen LogP contribution in [-0.4, -0.2) is 20.3 Å². The molecule has 1 aliphatic rings. The molecule has 2 heterocycles. The van der Waals surface area contributed by atoms with Crippen LogP contribution in [0, 0.1) is 0 Å². The largest absolute Gasteiger partial charge is 0.352 e. The van der Waals surface area contributed by atoms with Gasteiger partial charge in [0.05, 0.1) is 17.8 Å². The summed E-state index contributed by atoms with van der Waals surface area (Å²) in [6.45, 7) is 0.458. The summed E-state index contributed by atoms with van der Waals surface area (Å²) in [5, 5.41) is 3.02. The molecule has 1 amide bonds. The molecule has 1 aliphatic carbocycles. The van der Waals surface area contributed by atoms with Gasteiger partial charge < -0.3 is 10.3 Å². The highest BCUT2D eigenvalue weighted by Gasteiger charge is 2.25.